The topological polar surface area (TPSA) is 108 Å². The number of nitrogens with one attached hydrogen (secondary N) is 1. The molecule has 3 aromatic rings. The highest BCUT2D eigenvalue weighted by Gasteiger charge is 2.35. The van der Waals surface area contributed by atoms with Gasteiger partial charge in [0.1, 0.15) is 11.5 Å². The normalized spacial score (nSPS) is 11.7. The predicted octanol–water partition coefficient (Wildman–Crippen LogP) is 3.81. The summed E-state index contributed by atoms with van der Waals surface area (Å²) < 4.78 is 51.5. The maximum Gasteiger partial charge on any atom is 0.526 e. The zero-order valence-electron chi connectivity index (χ0n) is 14.1. The highest BCUT2D eigenvalue weighted by atomic mass is 32.2. The first-order chi connectivity index (χ1) is 12.9. The van der Waals surface area contributed by atoms with Crippen LogP contribution in [0.25, 0.3) is 0 Å². The van der Waals surface area contributed by atoms with Crippen LogP contribution < -0.4 is 19.3 Å². The van der Waals surface area contributed by atoms with Gasteiger partial charge in [0.05, 0.1) is 4.90 Å². The van der Waals surface area contributed by atoms with Crippen molar-refractivity contribution in [3.05, 3.63) is 84.9 Å². The zero-order valence-corrected chi connectivity index (χ0v) is 15.8. The molecule has 0 aliphatic heterocycles. The van der Waals surface area contributed by atoms with Crippen LogP contribution >= 0.6 is 7.75 Å². The Morgan fingerprint density at radius 1 is 0.778 bits per heavy atom. The lowest BCUT2D eigenvalue weighted by Gasteiger charge is -2.20. The number of para-hydroxylation sites is 2. The molecule has 27 heavy (non-hydrogen) atoms. The molecule has 0 radical (unpaired) electrons. The molecule has 0 saturated carbocycles. The van der Waals surface area contributed by atoms with Crippen LogP contribution in [0.5, 0.6) is 11.5 Å². The number of nitrogens with two attached hydrogens (primary N) is 1. The third-order valence-corrected chi connectivity index (χ3v) is 6.97. The van der Waals surface area contributed by atoms with Crippen LogP contribution in [0, 0.1) is 0 Å². The Labute approximate surface area is 157 Å². The van der Waals surface area contributed by atoms with Crippen molar-refractivity contribution in [3.63, 3.8) is 0 Å². The monoisotopic (exact) mass is 404 g/mol. The average molecular weight is 404 g/mol. The van der Waals surface area contributed by atoms with E-state index in [-0.39, 0.29) is 22.1 Å². The van der Waals surface area contributed by atoms with Crippen LogP contribution in [0.3, 0.4) is 0 Å². The average Bonchev–Trinajstić information content (AvgIpc) is 2.62. The van der Waals surface area contributed by atoms with Crippen molar-refractivity contribution in [3.8, 4) is 11.5 Å². The third-order valence-electron chi connectivity index (χ3n) is 3.34. The highest BCUT2D eigenvalue weighted by molar-refractivity contribution is 7.94. The molecule has 0 aliphatic carbocycles. The quantitative estimate of drug-likeness (QED) is 0.458. The van der Waals surface area contributed by atoms with Gasteiger partial charge < -0.3 is 14.8 Å². The Bertz CT molecular complexity index is 1010. The maximum absolute atomic E-state index is 13.3. The Hall–Kier alpha value is -2.80. The second kappa shape index (κ2) is 7.84. The van der Waals surface area contributed by atoms with Crippen LogP contribution in [0.15, 0.2) is 89.8 Å². The van der Waals surface area contributed by atoms with Gasteiger partial charge in [0, 0.05) is 5.69 Å². The Balaban J connectivity index is 1.95. The van der Waals surface area contributed by atoms with E-state index in [2.05, 4.69) is 0 Å². The molecule has 0 aliphatic rings. The van der Waals surface area contributed by atoms with E-state index < -0.39 is 17.8 Å². The minimum atomic E-state index is -4.34. The molecule has 0 bridgehead atoms. The van der Waals surface area contributed by atoms with E-state index in [1.54, 1.807) is 42.5 Å². The number of nitrogen functional groups attached to an aromatic ring is 1. The van der Waals surface area contributed by atoms with Gasteiger partial charge in [-0.05, 0) is 42.5 Å². The molecular weight excluding hydrogens is 387 g/mol. The van der Waals surface area contributed by atoms with E-state index in [1.165, 1.54) is 42.5 Å². The summed E-state index contributed by atoms with van der Waals surface area (Å²) in [7, 11) is -8.57. The molecule has 0 fully saturated rings. The summed E-state index contributed by atoms with van der Waals surface area (Å²) in [5, 5.41) is 0. The van der Waals surface area contributed by atoms with Gasteiger partial charge in [-0.3, -0.25) is 0 Å². The van der Waals surface area contributed by atoms with Crippen molar-refractivity contribution < 1.29 is 22.0 Å². The minimum Gasteiger partial charge on any atom is -0.404 e. The molecule has 3 aromatic carbocycles. The number of hydrogen-bond acceptors (Lipinski definition) is 6. The van der Waals surface area contributed by atoms with Gasteiger partial charge in [-0.2, -0.15) is 0 Å². The van der Waals surface area contributed by atoms with Crippen molar-refractivity contribution in [2.75, 3.05) is 5.73 Å². The number of hydrogen-bond donors (Lipinski definition) is 2. The fourth-order valence-corrected chi connectivity index (χ4v) is 5.46. The maximum atomic E-state index is 13.3. The smallest absolute Gasteiger partial charge is 0.404 e. The lowest BCUT2D eigenvalue weighted by atomic mass is 10.3. The minimum absolute atomic E-state index is 0.156. The van der Waals surface area contributed by atoms with E-state index >= 15 is 0 Å². The summed E-state index contributed by atoms with van der Waals surface area (Å²) in [5.74, 6) is 0.374. The lowest BCUT2D eigenvalue weighted by molar-refractivity contribution is 0.381. The van der Waals surface area contributed by atoms with Crippen molar-refractivity contribution in [2.24, 2.45) is 0 Å². The summed E-state index contributed by atoms with van der Waals surface area (Å²) in [6.07, 6.45) is 0. The first kappa shape index (κ1) is 19.0. The Morgan fingerprint density at radius 3 is 1.78 bits per heavy atom. The van der Waals surface area contributed by atoms with E-state index in [0.29, 0.717) is 0 Å². The number of anilines is 1. The molecule has 140 valence electrons. The molecule has 0 amide bonds. The van der Waals surface area contributed by atoms with Crippen molar-refractivity contribution in [1.29, 1.82) is 0 Å². The summed E-state index contributed by atoms with van der Waals surface area (Å²) >= 11 is 0. The summed E-state index contributed by atoms with van der Waals surface area (Å²) in [6.45, 7) is 0. The molecule has 0 saturated heterocycles. The van der Waals surface area contributed by atoms with Gasteiger partial charge in [0.15, 0.2) is 0 Å². The fourth-order valence-electron chi connectivity index (χ4n) is 2.18. The molecule has 9 heteroatoms. The van der Waals surface area contributed by atoms with Crippen molar-refractivity contribution >= 4 is 23.5 Å². The van der Waals surface area contributed by atoms with Gasteiger partial charge in [0.2, 0.25) is 0 Å². The standard InChI is InChI=1S/C18H17N2O5PS/c19-15-8-7-13-18(14-15)27(22,23)20-26(21,24-16-9-3-1-4-10-16)25-17-11-5-2-6-12-17/h1-14H,19H2,(H,20,21). The van der Waals surface area contributed by atoms with Crippen LogP contribution in [-0.2, 0) is 14.6 Å². The first-order valence-corrected chi connectivity index (χ1v) is 10.9. The second-order valence-electron chi connectivity index (χ2n) is 5.47. The van der Waals surface area contributed by atoms with E-state index in [0.717, 1.165) is 0 Å². The van der Waals surface area contributed by atoms with E-state index in [4.69, 9.17) is 14.8 Å². The molecule has 0 aromatic heterocycles. The van der Waals surface area contributed by atoms with Gasteiger partial charge >= 0.3 is 7.75 Å². The fraction of sp³-hybridized carbons (Fsp3) is 0. The van der Waals surface area contributed by atoms with Gasteiger partial charge in [0.25, 0.3) is 10.0 Å². The molecular formula is C18H17N2O5PS. The molecule has 0 unspecified atom stereocenters. The summed E-state index contributed by atoms with van der Waals surface area (Å²) in [5.41, 5.74) is 5.89. The number of rotatable bonds is 7. The SMILES string of the molecule is Nc1cccc(S(=O)(=O)NP(=O)(Oc2ccccc2)Oc2ccccc2)c1. The van der Waals surface area contributed by atoms with Crippen molar-refractivity contribution in [2.45, 2.75) is 4.90 Å². The third kappa shape index (κ3) is 5.10. The largest absolute Gasteiger partial charge is 0.526 e. The van der Waals surface area contributed by atoms with Crippen LogP contribution in [0.4, 0.5) is 5.69 Å². The van der Waals surface area contributed by atoms with Crippen LogP contribution in [0.2, 0.25) is 0 Å². The Kier molecular flexibility index (Phi) is 5.51. The lowest BCUT2D eigenvalue weighted by Crippen LogP contribution is -2.26. The van der Waals surface area contributed by atoms with Crippen LogP contribution in [-0.4, -0.2) is 8.42 Å². The molecule has 0 heterocycles. The number of benzene rings is 3. The molecule has 3 N–H and O–H groups in total. The predicted molar refractivity (Wildman–Crippen MR) is 103 cm³/mol. The van der Waals surface area contributed by atoms with Gasteiger partial charge in [-0.1, -0.05) is 47.0 Å². The van der Waals surface area contributed by atoms with Crippen molar-refractivity contribution in [1.82, 2.24) is 4.49 Å². The Morgan fingerprint density at radius 2 is 1.30 bits per heavy atom. The first-order valence-electron chi connectivity index (χ1n) is 7.85. The van der Waals surface area contributed by atoms with E-state index in [9.17, 15) is 13.0 Å². The highest BCUT2D eigenvalue weighted by Crippen LogP contribution is 2.46. The summed E-state index contributed by atoms with van der Waals surface area (Å²) in [6, 6.07) is 21.9. The molecule has 0 spiro atoms. The van der Waals surface area contributed by atoms with E-state index in [1.807, 2.05) is 4.49 Å². The van der Waals surface area contributed by atoms with Gasteiger partial charge in [-0.15, -0.1) is 0 Å². The molecule has 0 atom stereocenters. The summed E-state index contributed by atoms with van der Waals surface area (Å²) in [4.78, 5) is -0.156. The van der Waals surface area contributed by atoms with Crippen LogP contribution in [0.1, 0.15) is 0 Å². The zero-order chi connectivity index (χ0) is 19.3. The molecule has 3 rings (SSSR count). The second-order valence-corrected chi connectivity index (χ2v) is 9.04. The van der Waals surface area contributed by atoms with Gasteiger partial charge in [-0.25, -0.2) is 13.0 Å². The molecule has 7 nitrogen and oxygen atoms in total. The number of sulfonamides is 1.